The van der Waals surface area contributed by atoms with Crippen LogP contribution in [0.4, 0.5) is 5.69 Å². The number of sulfonamides is 1. The predicted molar refractivity (Wildman–Crippen MR) is 113 cm³/mol. The Morgan fingerprint density at radius 1 is 1.21 bits per heavy atom. The van der Waals surface area contributed by atoms with Crippen molar-refractivity contribution < 1.29 is 17.9 Å². The van der Waals surface area contributed by atoms with E-state index in [1.165, 1.54) is 10.6 Å². The van der Waals surface area contributed by atoms with Gasteiger partial charge in [-0.1, -0.05) is 23.7 Å². The van der Waals surface area contributed by atoms with E-state index in [0.717, 1.165) is 22.0 Å². The molecular formula is C21H19ClN2O4S. The Labute approximate surface area is 174 Å². The third kappa shape index (κ3) is 3.93. The second kappa shape index (κ2) is 7.31. The van der Waals surface area contributed by atoms with E-state index in [1.54, 1.807) is 18.2 Å². The second-order valence-electron chi connectivity index (χ2n) is 7.14. The van der Waals surface area contributed by atoms with Crippen LogP contribution in [0.3, 0.4) is 0 Å². The van der Waals surface area contributed by atoms with Crippen LogP contribution in [0.25, 0.3) is 10.9 Å². The Morgan fingerprint density at radius 3 is 2.76 bits per heavy atom. The van der Waals surface area contributed by atoms with Gasteiger partial charge in [0.25, 0.3) is 0 Å². The van der Waals surface area contributed by atoms with E-state index >= 15 is 0 Å². The molecule has 0 spiro atoms. The predicted octanol–water partition coefficient (Wildman–Crippen LogP) is 3.88. The standard InChI is InChI=1S/C21H19ClN2O4S/c1-13-3-4-14-10-17(20(22)23-18(14)9-13)12-28-21(25)16-5-6-19-15(11-16)7-8-24(19)29(2,26)27/h3-6,9-11H,7-8,12H2,1-2H3. The molecule has 1 aliphatic rings. The molecule has 0 saturated heterocycles. The molecule has 2 heterocycles. The van der Waals surface area contributed by atoms with Gasteiger partial charge in [0.05, 0.1) is 23.0 Å². The Balaban J connectivity index is 1.52. The number of halogens is 1. The molecule has 0 radical (unpaired) electrons. The van der Waals surface area contributed by atoms with Gasteiger partial charge in [0.15, 0.2) is 0 Å². The SMILES string of the molecule is Cc1ccc2cc(COC(=O)c3ccc4c(c3)CCN4S(C)(=O)=O)c(Cl)nc2c1. The number of rotatable bonds is 4. The highest BCUT2D eigenvalue weighted by atomic mass is 35.5. The molecule has 0 amide bonds. The summed E-state index contributed by atoms with van der Waals surface area (Å²) in [6, 6.07) is 12.7. The van der Waals surface area contributed by atoms with Gasteiger partial charge in [0.2, 0.25) is 10.0 Å². The van der Waals surface area contributed by atoms with Crippen molar-refractivity contribution in [3.63, 3.8) is 0 Å². The summed E-state index contributed by atoms with van der Waals surface area (Å²) in [7, 11) is -3.33. The molecule has 6 nitrogen and oxygen atoms in total. The number of nitrogens with zero attached hydrogens (tertiary/aromatic N) is 2. The average molecular weight is 431 g/mol. The summed E-state index contributed by atoms with van der Waals surface area (Å²) in [6.07, 6.45) is 1.73. The van der Waals surface area contributed by atoms with Crippen molar-refractivity contribution in [1.82, 2.24) is 4.98 Å². The number of ether oxygens (including phenoxy) is 1. The monoisotopic (exact) mass is 430 g/mol. The second-order valence-corrected chi connectivity index (χ2v) is 9.40. The molecule has 4 rings (SSSR count). The van der Waals surface area contributed by atoms with Gasteiger partial charge in [-0.05, 0) is 54.8 Å². The maximum atomic E-state index is 12.5. The minimum atomic E-state index is -3.33. The summed E-state index contributed by atoms with van der Waals surface area (Å²) in [6.45, 7) is 2.36. The van der Waals surface area contributed by atoms with E-state index in [4.69, 9.17) is 16.3 Å². The topological polar surface area (TPSA) is 76.6 Å². The van der Waals surface area contributed by atoms with Crippen molar-refractivity contribution in [3.05, 3.63) is 69.9 Å². The fraction of sp³-hybridized carbons (Fsp3) is 0.238. The van der Waals surface area contributed by atoms with Crippen LogP contribution in [0.1, 0.15) is 27.0 Å². The molecule has 1 aliphatic heterocycles. The van der Waals surface area contributed by atoms with Gasteiger partial charge in [-0.2, -0.15) is 0 Å². The van der Waals surface area contributed by atoms with Crippen LogP contribution in [0.15, 0.2) is 42.5 Å². The molecule has 8 heteroatoms. The highest BCUT2D eigenvalue weighted by Gasteiger charge is 2.27. The first kappa shape index (κ1) is 19.7. The van der Waals surface area contributed by atoms with Crippen LogP contribution in [0, 0.1) is 6.92 Å². The Hall–Kier alpha value is -2.64. The van der Waals surface area contributed by atoms with E-state index in [-0.39, 0.29) is 6.61 Å². The van der Waals surface area contributed by atoms with Crippen molar-refractivity contribution in [1.29, 1.82) is 0 Å². The summed E-state index contributed by atoms with van der Waals surface area (Å²) in [4.78, 5) is 16.9. The van der Waals surface area contributed by atoms with Gasteiger partial charge in [-0.15, -0.1) is 0 Å². The van der Waals surface area contributed by atoms with Crippen molar-refractivity contribution >= 4 is 44.2 Å². The lowest BCUT2D eigenvalue weighted by Gasteiger charge is -2.16. The maximum Gasteiger partial charge on any atom is 0.338 e. The first-order chi connectivity index (χ1) is 13.7. The fourth-order valence-corrected chi connectivity index (χ4v) is 4.63. The molecule has 29 heavy (non-hydrogen) atoms. The van der Waals surface area contributed by atoms with Crippen LogP contribution >= 0.6 is 11.6 Å². The largest absolute Gasteiger partial charge is 0.457 e. The van der Waals surface area contributed by atoms with Gasteiger partial charge in [-0.3, -0.25) is 4.31 Å². The lowest BCUT2D eigenvalue weighted by Crippen LogP contribution is -2.27. The number of anilines is 1. The number of esters is 1. The molecule has 1 aromatic heterocycles. The fourth-order valence-electron chi connectivity index (χ4n) is 3.47. The van der Waals surface area contributed by atoms with Gasteiger partial charge < -0.3 is 4.74 Å². The van der Waals surface area contributed by atoms with E-state index in [9.17, 15) is 13.2 Å². The molecular weight excluding hydrogens is 412 g/mol. The third-order valence-electron chi connectivity index (χ3n) is 4.93. The van der Waals surface area contributed by atoms with Crippen molar-refractivity contribution in [2.45, 2.75) is 20.0 Å². The number of fused-ring (bicyclic) bond motifs is 2. The van der Waals surface area contributed by atoms with Crippen molar-refractivity contribution in [2.24, 2.45) is 0 Å². The number of hydrogen-bond donors (Lipinski definition) is 0. The summed E-state index contributed by atoms with van der Waals surface area (Å²) in [5.74, 6) is -0.495. The normalized spacial score (nSPS) is 13.6. The summed E-state index contributed by atoms with van der Waals surface area (Å²) in [5.41, 5.74) is 4.30. The van der Waals surface area contributed by atoms with Crippen LogP contribution in [0.5, 0.6) is 0 Å². The third-order valence-corrected chi connectivity index (χ3v) is 6.43. The van der Waals surface area contributed by atoms with Gasteiger partial charge >= 0.3 is 5.97 Å². The van der Waals surface area contributed by atoms with Gasteiger partial charge in [-0.25, -0.2) is 18.2 Å². The molecule has 0 bridgehead atoms. The zero-order valence-corrected chi connectivity index (χ0v) is 17.5. The van der Waals surface area contributed by atoms with E-state index in [1.807, 2.05) is 31.2 Å². The van der Waals surface area contributed by atoms with E-state index in [2.05, 4.69) is 4.98 Å². The molecule has 150 valence electrons. The first-order valence-corrected chi connectivity index (χ1v) is 11.3. The van der Waals surface area contributed by atoms with Crippen LogP contribution in [-0.4, -0.2) is 32.2 Å². The van der Waals surface area contributed by atoms with Crippen molar-refractivity contribution in [3.8, 4) is 0 Å². The quantitative estimate of drug-likeness (QED) is 0.463. The number of pyridine rings is 1. The zero-order valence-electron chi connectivity index (χ0n) is 16.0. The minimum absolute atomic E-state index is 0.00102. The summed E-state index contributed by atoms with van der Waals surface area (Å²) < 4.78 is 30.4. The highest BCUT2D eigenvalue weighted by Crippen LogP contribution is 2.31. The molecule has 0 saturated carbocycles. The highest BCUT2D eigenvalue weighted by molar-refractivity contribution is 7.92. The van der Waals surface area contributed by atoms with E-state index in [0.29, 0.717) is 34.9 Å². The zero-order chi connectivity index (χ0) is 20.8. The molecule has 0 aliphatic carbocycles. The van der Waals surface area contributed by atoms with Crippen molar-refractivity contribution in [2.75, 3.05) is 17.1 Å². The minimum Gasteiger partial charge on any atom is -0.457 e. The average Bonchev–Trinajstić information content (AvgIpc) is 3.09. The van der Waals surface area contributed by atoms with Crippen LogP contribution < -0.4 is 4.31 Å². The summed E-state index contributed by atoms with van der Waals surface area (Å²) >= 11 is 6.26. The van der Waals surface area contributed by atoms with Gasteiger partial charge in [0, 0.05) is 17.5 Å². The molecule has 0 unspecified atom stereocenters. The first-order valence-electron chi connectivity index (χ1n) is 9.06. The molecule has 0 atom stereocenters. The van der Waals surface area contributed by atoms with Crippen LogP contribution in [0.2, 0.25) is 5.15 Å². The lowest BCUT2D eigenvalue weighted by molar-refractivity contribution is 0.0472. The van der Waals surface area contributed by atoms with Gasteiger partial charge in [0.1, 0.15) is 11.8 Å². The Bertz CT molecular complexity index is 1240. The molecule has 0 fully saturated rings. The van der Waals surface area contributed by atoms with E-state index < -0.39 is 16.0 Å². The molecule has 0 N–H and O–H groups in total. The number of carbonyl (C=O) groups excluding carboxylic acids is 1. The number of aromatic nitrogens is 1. The smallest absolute Gasteiger partial charge is 0.338 e. The number of carbonyl (C=O) groups is 1. The molecule has 2 aromatic carbocycles. The maximum absolute atomic E-state index is 12.5. The lowest BCUT2D eigenvalue weighted by atomic mass is 10.1. The molecule has 3 aromatic rings. The number of benzene rings is 2. The Kier molecular flexibility index (Phi) is 4.96. The summed E-state index contributed by atoms with van der Waals surface area (Å²) in [5, 5.41) is 1.22. The Morgan fingerprint density at radius 2 is 2.00 bits per heavy atom. The number of hydrogen-bond acceptors (Lipinski definition) is 5. The number of aryl methyl sites for hydroxylation is 1. The van der Waals surface area contributed by atoms with Crippen LogP contribution in [-0.2, 0) is 27.8 Å².